The van der Waals surface area contributed by atoms with Gasteiger partial charge in [0.25, 0.3) is 5.91 Å². The Morgan fingerprint density at radius 1 is 1.03 bits per heavy atom. The van der Waals surface area contributed by atoms with Crippen molar-refractivity contribution in [3.8, 4) is 0 Å². The highest BCUT2D eigenvalue weighted by molar-refractivity contribution is 7.91. The topological polar surface area (TPSA) is 110 Å². The zero-order chi connectivity index (χ0) is 22.3. The van der Waals surface area contributed by atoms with E-state index in [4.69, 9.17) is 0 Å². The van der Waals surface area contributed by atoms with Crippen molar-refractivity contribution in [3.63, 3.8) is 0 Å². The molecule has 8 nitrogen and oxygen atoms in total. The molecule has 2 aromatic carbocycles. The quantitative estimate of drug-likeness (QED) is 0.432. The highest BCUT2D eigenvalue weighted by Crippen LogP contribution is 2.27. The molecule has 0 bridgehead atoms. The number of para-hydroxylation sites is 1. The lowest BCUT2D eigenvalue weighted by molar-refractivity contribution is 0.0950. The van der Waals surface area contributed by atoms with Crippen LogP contribution in [-0.2, 0) is 23.4 Å². The van der Waals surface area contributed by atoms with Crippen LogP contribution in [0, 0.1) is 0 Å². The average Bonchev–Trinajstić information content (AvgIpc) is 3.42. The number of nitrogens with zero attached hydrogens (tertiary/aromatic N) is 3. The Labute approximate surface area is 183 Å². The van der Waals surface area contributed by atoms with Crippen LogP contribution in [0.2, 0.25) is 0 Å². The van der Waals surface area contributed by atoms with Crippen molar-refractivity contribution < 1.29 is 13.2 Å². The minimum atomic E-state index is -3.68. The molecule has 0 spiro atoms. The molecule has 3 aromatic heterocycles. The van der Waals surface area contributed by atoms with Gasteiger partial charge >= 0.3 is 0 Å². The van der Waals surface area contributed by atoms with Gasteiger partial charge in [0.2, 0.25) is 9.84 Å². The van der Waals surface area contributed by atoms with Crippen molar-refractivity contribution in [1.29, 1.82) is 0 Å². The molecule has 1 amide bonds. The van der Waals surface area contributed by atoms with Crippen LogP contribution in [0.3, 0.4) is 0 Å². The van der Waals surface area contributed by atoms with E-state index in [0.717, 1.165) is 21.9 Å². The van der Waals surface area contributed by atoms with Gasteiger partial charge in [-0.25, -0.2) is 13.4 Å². The van der Waals surface area contributed by atoms with Gasteiger partial charge in [-0.15, -0.1) is 0 Å². The third kappa shape index (κ3) is 3.42. The SMILES string of the molecule is Cn1c(S(=O)(=O)c2ccc(CNC(=O)c3cnc4[nH]ncc4c3)cc2)cc2ccccc21. The first-order valence-corrected chi connectivity index (χ1v) is 11.4. The van der Waals surface area contributed by atoms with Crippen molar-refractivity contribution in [2.45, 2.75) is 16.5 Å². The van der Waals surface area contributed by atoms with E-state index in [1.807, 2.05) is 24.3 Å². The summed E-state index contributed by atoms with van der Waals surface area (Å²) in [5, 5.41) is 11.3. The lowest BCUT2D eigenvalue weighted by Gasteiger charge is -2.09. The zero-order valence-electron chi connectivity index (χ0n) is 17.1. The summed E-state index contributed by atoms with van der Waals surface area (Å²) in [5.74, 6) is -0.271. The molecule has 5 aromatic rings. The number of rotatable bonds is 5. The van der Waals surface area contributed by atoms with Crippen molar-refractivity contribution >= 4 is 37.7 Å². The smallest absolute Gasteiger partial charge is 0.253 e. The van der Waals surface area contributed by atoms with Crippen LogP contribution >= 0.6 is 0 Å². The van der Waals surface area contributed by atoms with Gasteiger partial charge < -0.3 is 9.88 Å². The lowest BCUT2D eigenvalue weighted by atomic mass is 10.2. The van der Waals surface area contributed by atoms with Gasteiger partial charge in [0, 0.05) is 36.1 Å². The first kappa shape index (κ1) is 20.0. The van der Waals surface area contributed by atoms with E-state index < -0.39 is 9.84 Å². The number of pyridine rings is 1. The number of sulfone groups is 1. The van der Waals surface area contributed by atoms with E-state index in [-0.39, 0.29) is 22.4 Å². The summed E-state index contributed by atoms with van der Waals surface area (Å²) in [6.07, 6.45) is 3.09. The molecule has 0 radical (unpaired) electrons. The summed E-state index contributed by atoms with van der Waals surface area (Å²) in [6.45, 7) is 0.261. The maximum atomic E-state index is 13.2. The molecule has 0 saturated heterocycles. The van der Waals surface area contributed by atoms with Crippen molar-refractivity contribution in [3.05, 3.63) is 84.2 Å². The highest BCUT2D eigenvalue weighted by atomic mass is 32.2. The van der Waals surface area contributed by atoms with Crippen LogP contribution in [0.4, 0.5) is 0 Å². The number of hydrogen-bond donors (Lipinski definition) is 2. The number of aromatic nitrogens is 4. The molecule has 9 heteroatoms. The van der Waals surface area contributed by atoms with Crippen molar-refractivity contribution in [2.75, 3.05) is 0 Å². The van der Waals surface area contributed by atoms with Crippen LogP contribution in [0.1, 0.15) is 15.9 Å². The second kappa shape index (κ2) is 7.61. The molecule has 2 N–H and O–H groups in total. The molecule has 0 unspecified atom stereocenters. The van der Waals surface area contributed by atoms with Gasteiger partial charge in [0.1, 0.15) is 5.03 Å². The molecule has 0 aliphatic rings. The van der Waals surface area contributed by atoms with Crippen LogP contribution in [-0.4, -0.2) is 34.1 Å². The fourth-order valence-corrected chi connectivity index (χ4v) is 5.15. The molecule has 0 fully saturated rings. The van der Waals surface area contributed by atoms with Crippen molar-refractivity contribution in [2.24, 2.45) is 7.05 Å². The summed E-state index contributed by atoms with van der Waals surface area (Å²) in [4.78, 5) is 16.8. The van der Waals surface area contributed by atoms with Gasteiger partial charge in [0.15, 0.2) is 5.65 Å². The average molecular weight is 446 g/mol. The Kier molecular flexibility index (Phi) is 4.75. The van der Waals surface area contributed by atoms with E-state index in [9.17, 15) is 13.2 Å². The Hall–Kier alpha value is -3.98. The summed E-state index contributed by atoms with van der Waals surface area (Å²) in [7, 11) is -1.93. The monoisotopic (exact) mass is 445 g/mol. The highest BCUT2D eigenvalue weighted by Gasteiger charge is 2.22. The number of carbonyl (C=O) groups excluding carboxylic acids is 1. The van der Waals surface area contributed by atoms with E-state index in [2.05, 4.69) is 20.5 Å². The van der Waals surface area contributed by atoms with Crippen LogP contribution in [0.25, 0.3) is 21.9 Å². The van der Waals surface area contributed by atoms with Crippen LogP contribution < -0.4 is 5.32 Å². The molecular formula is C23H19N5O3S. The fraction of sp³-hybridized carbons (Fsp3) is 0.0870. The maximum absolute atomic E-state index is 13.2. The summed E-state index contributed by atoms with van der Waals surface area (Å²) >= 11 is 0. The van der Waals surface area contributed by atoms with E-state index in [1.54, 1.807) is 54.2 Å². The van der Waals surface area contributed by atoms with Crippen molar-refractivity contribution in [1.82, 2.24) is 25.1 Å². The lowest BCUT2D eigenvalue weighted by Crippen LogP contribution is -2.22. The molecule has 5 rings (SSSR count). The zero-order valence-corrected chi connectivity index (χ0v) is 17.9. The second-order valence-corrected chi connectivity index (χ2v) is 9.36. The third-order valence-corrected chi connectivity index (χ3v) is 7.26. The molecular weight excluding hydrogens is 426 g/mol. The molecule has 3 heterocycles. The van der Waals surface area contributed by atoms with Crippen LogP contribution in [0.5, 0.6) is 0 Å². The van der Waals surface area contributed by atoms with E-state index in [0.29, 0.717) is 11.2 Å². The number of aryl methyl sites for hydroxylation is 1. The normalized spacial score (nSPS) is 11.8. The molecule has 160 valence electrons. The van der Waals surface area contributed by atoms with Gasteiger partial charge in [-0.2, -0.15) is 5.10 Å². The fourth-order valence-electron chi connectivity index (χ4n) is 3.67. The number of amides is 1. The van der Waals surface area contributed by atoms with Crippen LogP contribution in [0.15, 0.2) is 83.0 Å². The van der Waals surface area contributed by atoms with Gasteiger partial charge in [0.05, 0.1) is 16.7 Å². The predicted molar refractivity (Wildman–Crippen MR) is 120 cm³/mol. The van der Waals surface area contributed by atoms with Gasteiger partial charge in [-0.05, 0) is 35.9 Å². The first-order valence-electron chi connectivity index (χ1n) is 9.89. The van der Waals surface area contributed by atoms with E-state index in [1.165, 1.54) is 6.20 Å². The first-order chi connectivity index (χ1) is 15.4. The molecule has 0 atom stereocenters. The minimum Gasteiger partial charge on any atom is -0.348 e. The summed E-state index contributed by atoms with van der Waals surface area (Å²) < 4.78 is 28.0. The number of carbonyl (C=O) groups is 1. The second-order valence-electron chi connectivity index (χ2n) is 7.46. The minimum absolute atomic E-state index is 0.202. The molecule has 0 aliphatic carbocycles. The Morgan fingerprint density at radius 3 is 2.59 bits per heavy atom. The third-order valence-electron chi connectivity index (χ3n) is 5.42. The predicted octanol–water partition coefficient (Wildman–Crippen LogP) is 3.21. The number of benzene rings is 2. The van der Waals surface area contributed by atoms with E-state index >= 15 is 0 Å². The molecule has 32 heavy (non-hydrogen) atoms. The number of fused-ring (bicyclic) bond motifs is 2. The molecule has 0 saturated carbocycles. The van der Waals surface area contributed by atoms with Gasteiger partial charge in [-0.3, -0.25) is 9.89 Å². The Bertz CT molecular complexity index is 1570. The number of aromatic amines is 1. The standard InChI is InChI=1S/C23H19N5O3S/c1-28-20-5-3-2-4-16(20)11-21(28)32(30,31)19-8-6-15(7-9-19)12-25-23(29)18-10-17-14-26-27-22(17)24-13-18/h2-11,13-14H,12H2,1H3,(H,25,29)(H,24,26,27). The van der Waals surface area contributed by atoms with Gasteiger partial charge in [-0.1, -0.05) is 30.3 Å². The Balaban J connectivity index is 1.33. The summed E-state index contributed by atoms with van der Waals surface area (Å²) in [5.41, 5.74) is 2.68. The largest absolute Gasteiger partial charge is 0.348 e. The number of H-pyrrole nitrogens is 1. The molecule has 0 aliphatic heterocycles. The summed E-state index contributed by atoms with van der Waals surface area (Å²) in [6, 6.07) is 17.5. The number of nitrogens with one attached hydrogen (secondary N) is 2. The Morgan fingerprint density at radius 2 is 1.81 bits per heavy atom. The maximum Gasteiger partial charge on any atom is 0.253 e. The number of hydrogen-bond acceptors (Lipinski definition) is 5.